The maximum Gasteiger partial charge on any atom is 0.252 e. The number of rotatable bonds is 3. The third-order valence-corrected chi connectivity index (χ3v) is 4.38. The van der Waals surface area contributed by atoms with Crippen molar-refractivity contribution < 1.29 is 4.79 Å². The Bertz CT molecular complexity index is 388. The fourth-order valence-electron chi connectivity index (χ4n) is 1.10. The van der Waals surface area contributed by atoms with E-state index >= 15 is 0 Å². The van der Waals surface area contributed by atoms with Gasteiger partial charge in [-0.3, -0.25) is 4.79 Å². The molecular formula is C12H15Br2NO. The van der Waals surface area contributed by atoms with Gasteiger partial charge in [-0.15, -0.1) is 0 Å². The van der Waals surface area contributed by atoms with Crippen LogP contribution >= 0.6 is 31.9 Å². The molecule has 0 saturated carbocycles. The molecule has 0 heterocycles. The lowest BCUT2D eigenvalue weighted by molar-refractivity contribution is 0.0913. The molecule has 0 radical (unpaired) electrons. The Morgan fingerprint density at radius 1 is 1.38 bits per heavy atom. The number of hydrogen-bond acceptors (Lipinski definition) is 1. The quantitative estimate of drug-likeness (QED) is 0.828. The van der Waals surface area contributed by atoms with Gasteiger partial charge < -0.3 is 5.32 Å². The summed E-state index contributed by atoms with van der Waals surface area (Å²) in [4.78, 5) is 12.2. The third-order valence-electron chi connectivity index (χ3n) is 2.55. The van der Waals surface area contributed by atoms with Crippen LogP contribution in [0.15, 0.2) is 28.7 Å². The van der Waals surface area contributed by atoms with Crippen LogP contribution in [0.25, 0.3) is 0 Å². The van der Waals surface area contributed by atoms with Gasteiger partial charge in [0.25, 0.3) is 5.91 Å². The van der Waals surface area contributed by atoms with Crippen molar-refractivity contribution in [2.45, 2.75) is 31.1 Å². The molecule has 2 nitrogen and oxygen atoms in total. The smallest absolute Gasteiger partial charge is 0.252 e. The van der Waals surface area contributed by atoms with E-state index in [9.17, 15) is 4.79 Å². The second kappa shape index (κ2) is 5.32. The van der Waals surface area contributed by atoms with Gasteiger partial charge in [-0.2, -0.15) is 0 Å². The monoisotopic (exact) mass is 347 g/mol. The Hall–Kier alpha value is -0.350. The molecule has 1 amide bonds. The van der Waals surface area contributed by atoms with Gasteiger partial charge in [0, 0.05) is 14.8 Å². The number of nitrogens with one attached hydrogen (secondary N) is 1. The molecule has 1 aromatic rings. The molecule has 0 bridgehead atoms. The predicted octanol–water partition coefficient (Wildman–Crippen LogP) is 3.74. The first-order valence-corrected chi connectivity index (χ1v) is 6.76. The van der Waals surface area contributed by atoms with E-state index in [0.29, 0.717) is 5.56 Å². The highest BCUT2D eigenvalue weighted by Crippen LogP contribution is 2.20. The van der Waals surface area contributed by atoms with Gasteiger partial charge in [0.1, 0.15) is 0 Å². The van der Waals surface area contributed by atoms with E-state index in [0.717, 1.165) is 4.47 Å². The average Bonchev–Trinajstić information content (AvgIpc) is 2.17. The summed E-state index contributed by atoms with van der Waals surface area (Å²) in [5.41, 5.74) is 0.371. The van der Waals surface area contributed by atoms with Gasteiger partial charge >= 0.3 is 0 Å². The van der Waals surface area contributed by atoms with Gasteiger partial charge in [-0.05, 0) is 41.9 Å². The molecule has 1 N–H and O–H groups in total. The molecule has 0 aliphatic carbocycles. The summed E-state index contributed by atoms with van der Waals surface area (Å²) < 4.78 is 0.811. The SMILES string of the molecule is CC(Br)C(C)(C)NC(=O)c1ccccc1Br. The molecule has 0 saturated heterocycles. The zero-order chi connectivity index (χ0) is 12.3. The van der Waals surface area contributed by atoms with Crippen molar-refractivity contribution in [3.63, 3.8) is 0 Å². The highest BCUT2D eigenvalue weighted by molar-refractivity contribution is 9.10. The van der Waals surface area contributed by atoms with Crippen LogP contribution in [0.1, 0.15) is 31.1 Å². The number of halogens is 2. The summed E-state index contributed by atoms with van der Waals surface area (Å²) in [7, 11) is 0. The van der Waals surface area contributed by atoms with Crippen molar-refractivity contribution >= 4 is 37.8 Å². The molecule has 1 rings (SSSR count). The Morgan fingerprint density at radius 3 is 2.44 bits per heavy atom. The minimum absolute atomic E-state index is 0.0659. The number of carbonyl (C=O) groups excluding carboxylic acids is 1. The molecule has 0 fully saturated rings. The van der Waals surface area contributed by atoms with E-state index in [4.69, 9.17) is 0 Å². The highest BCUT2D eigenvalue weighted by atomic mass is 79.9. The van der Waals surface area contributed by atoms with Crippen LogP contribution in [0, 0.1) is 0 Å². The van der Waals surface area contributed by atoms with Crippen LogP contribution < -0.4 is 5.32 Å². The zero-order valence-corrected chi connectivity index (χ0v) is 12.7. The number of benzene rings is 1. The van der Waals surface area contributed by atoms with E-state index < -0.39 is 0 Å². The van der Waals surface area contributed by atoms with Gasteiger partial charge in [-0.25, -0.2) is 0 Å². The summed E-state index contributed by atoms with van der Waals surface area (Å²) in [6.45, 7) is 5.99. The molecule has 1 atom stereocenters. The lowest BCUT2D eigenvalue weighted by Crippen LogP contribution is -2.48. The van der Waals surface area contributed by atoms with Crippen LogP contribution in [-0.4, -0.2) is 16.3 Å². The van der Waals surface area contributed by atoms with E-state index in [1.165, 1.54) is 0 Å². The Morgan fingerprint density at radius 2 is 1.94 bits per heavy atom. The van der Waals surface area contributed by atoms with Crippen molar-refractivity contribution in [1.82, 2.24) is 5.32 Å². The van der Waals surface area contributed by atoms with Crippen LogP contribution in [-0.2, 0) is 0 Å². The van der Waals surface area contributed by atoms with E-state index in [-0.39, 0.29) is 16.3 Å². The minimum Gasteiger partial charge on any atom is -0.346 e. The van der Waals surface area contributed by atoms with Crippen molar-refractivity contribution in [2.75, 3.05) is 0 Å². The molecular weight excluding hydrogens is 334 g/mol. The molecule has 1 aromatic carbocycles. The normalized spacial score (nSPS) is 13.3. The standard InChI is InChI=1S/C12H15Br2NO/c1-8(13)12(2,3)15-11(16)9-6-4-5-7-10(9)14/h4-8H,1-3H3,(H,15,16). The Kier molecular flexibility index (Phi) is 4.56. The largest absolute Gasteiger partial charge is 0.346 e. The second-order valence-electron chi connectivity index (χ2n) is 4.27. The average molecular weight is 349 g/mol. The van der Waals surface area contributed by atoms with Gasteiger partial charge in [0.15, 0.2) is 0 Å². The first-order chi connectivity index (χ1) is 7.34. The van der Waals surface area contributed by atoms with Gasteiger partial charge in [-0.1, -0.05) is 35.0 Å². The van der Waals surface area contributed by atoms with Crippen molar-refractivity contribution in [2.24, 2.45) is 0 Å². The molecule has 88 valence electrons. The number of alkyl halides is 1. The predicted molar refractivity (Wildman–Crippen MR) is 74.1 cm³/mol. The Balaban J connectivity index is 2.85. The van der Waals surface area contributed by atoms with Crippen molar-refractivity contribution in [3.05, 3.63) is 34.3 Å². The first-order valence-electron chi connectivity index (χ1n) is 5.05. The lowest BCUT2D eigenvalue weighted by atomic mass is 10.0. The van der Waals surface area contributed by atoms with Crippen LogP contribution in [0.2, 0.25) is 0 Å². The van der Waals surface area contributed by atoms with Gasteiger partial charge in [0.2, 0.25) is 0 Å². The number of carbonyl (C=O) groups is 1. The zero-order valence-electron chi connectivity index (χ0n) is 9.55. The fourth-order valence-corrected chi connectivity index (χ4v) is 1.68. The molecule has 0 spiro atoms. The van der Waals surface area contributed by atoms with Gasteiger partial charge in [0.05, 0.1) is 5.56 Å². The summed E-state index contributed by atoms with van der Waals surface area (Å²) >= 11 is 6.86. The van der Waals surface area contributed by atoms with E-state index in [1.807, 2.05) is 39.0 Å². The number of hydrogen-bond donors (Lipinski definition) is 1. The van der Waals surface area contributed by atoms with E-state index in [1.54, 1.807) is 6.07 Å². The summed E-state index contributed by atoms with van der Waals surface area (Å²) in [6.07, 6.45) is 0. The number of amides is 1. The van der Waals surface area contributed by atoms with Crippen molar-refractivity contribution in [3.8, 4) is 0 Å². The van der Waals surface area contributed by atoms with Crippen LogP contribution in [0.4, 0.5) is 0 Å². The van der Waals surface area contributed by atoms with Crippen LogP contribution in [0.3, 0.4) is 0 Å². The molecule has 1 unspecified atom stereocenters. The topological polar surface area (TPSA) is 29.1 Å². The van der Waals surface area contributed by atoms with Crippen molar-refractivity contribution in [1.29, 1.82) is 0 Å². The second-order valence-corrected chi connectivity index (χ2v) is 6.50. The maximum absolute atomic E-state index is 12.0. The molecule has 0 aromatic heterocycles. The summed E-state index contributed by atoms with van der Waals surface area (Å²) in [5, 5.41) is 3.00. The molecule has 0 aliphatic rings. The fraction of sp³-hybridized carbons (Fsp3) is 0.417. The molecule has 4 heteroatoms. The lowest BCUT2D eigenvalue weighted by Gasteiger charge is -2.29. The maximum atomic E-state index is 12.0. The third kappa shape index (κ3) is 3.32. The van der Waals surface area contributed by atoms with Crippen LogP contribution in [0.5, 0.6) is 0 Å². The molecule has 0 aliphatic heterocycles. The minimum atomic E-state index is -0.285. The summed E-state index contributed by atoms with van der Waals surface area (Å²) in [6, 6.07) is 7.40. The highest BCUT2D eigenvalue weighted by Gasteiger charge is 2.26. The van der Waals surface area contributed by atoms with E-state index in [2.05, 4.69) is 37.2 Å². The summed E-state index contributed by atoms with van der Waals surface area (Å²) in [5.74, 6) is -0.0659. The molecule has 16 heavy (non-hydrogen) atoms. The first kappa shape index (κ1) is 13.7. The Labute approximate surface area is 113 Å².